The van der Waals surface area contributed by atoms with Crippen molar-refractivity contribution in [3.63, 3.8) is 0 Å². The van der Waals surface area contributed by atoms with Crippen molar-refractivity contribution in [1.82, 2.24) is 4.98 Å². The van der Waals surface area contributed by atoms with Crippen LogP contribution in [-0.4, -0.2) is 23.8 Å². The first-order chi connectivity index (χ1) is 7.77. The van der Waals surface area contributed by atoms with E-state index in [1.807, 2.05) is 6.07 Å². The van der Waals surface area contributed by atoms with Crippen molar-refractivity contribution in [3.8, 4) is 0 Å². The predicted molar refractivity (Wildman–Crippen MR) is 58.7 cm³/mol. The Kier molecular flexibility index (Phi) is 4.92. The Morgan fingerprint density at radius 2 is 2.44 bits per heavy atom. The molecule has 0 fully saturated rings. The number of ether oxygens (including phenoxy) is 1. The Labute approximate surface area is 94.0 Å². The van der Waals surface area contributed by atoms with Gasteiger partial charge in [-0.15, -0.1) is 0 Å². The zero-order valence-electron chi connectivity index (χ0n) is 8.83. The van der Waals surface area contributed by atoms with Crippen LogP contribution in [-0.2, 0) is 20.7 Å². The van der Waals surface area contributed by atoms with E-state index in [0.717, 1.165) is 5.56 Å². The molecule has 4 heteroatoms. The fraction of sp³-hybridized carbons (Fsp3) is 0.250. The smallest absolute Gasteiger partial charge is 0.316 e. The van der Waals surface area contributed by atoms with Crippen LogP contribution >= 0.6 is 0 Å². The number of pyridine rings is 1. The van der Waals surface area contributed by atoms with E-state index >= 15 is 0 Å². The minimum atomic E-state index is -0.774. The van der Waals surface area contributed by atoms with Crippen molar-refractivity contribution >= 4 is 12.3 Å². The summed E-state index contributed by atoms with van der Waals surface area (Å²) in [5.41, 5.74) is 0.829. The van der Waals surface area contributed by atoms with Crippen molar-refractivity contribution in [1.29, 1.82) is 0 Å². The molecule has 0 saturated carbocycles. The number of hydrogen-bond acceptors (Lipinski definition) is 4. The second kappa shape index (κ2) is 6.50. The second-order valence-electron chi connectivity index (χ2n) is 3.23. The Balaban J connectivity index is 2.58. The fourth-order valence-electron chi connectivity index (χ4n) is 1.21. The molecule has 16 heavy (non-hydrogen) atoms. The quantitative estimate of drug-likeness (QED) is 0.312. The van der Waals surface area contributed by atoms with Gasteiger partial charge in [-0.2, -0.15) is 0 Å². The third-order valence-electron chi connectivity index (χ3n) is 1.99. The number of aldehydes is 1. The molecule has 1 aromatic rings. The van der Waals surface area contributed by atoms with Gasteiger partial charge in [0.15, 0.2) is 0 Å². The highest BCUT2D eigenvalue weighted by Crippen LogP contribution is 2.07. The summed E-state index contributed by atoms with van der Waals surface area (Å²) in [6, 6.07) is 3.57. The number of carbonyl (C=O) groups is 2. The molecule has 0 saturated heterocycles. The van der Waals surface area contributed by atoms with E-state index in [-0.39, 0.29) is 6.61 Å². The van der Waals surface area contributed by atoms with Gasteiger partial charge in [-0.1, -0.05) is 18.7 Å². The van der Waals surface area contributed by atoms with Gasteiger partial charge in [0.1, 0.15) is 18.8 Å². The van der Waals surface area contributed by atoms with Crippen molar-refractivity contribution < 1.29 is 14.3 Å². The number of esters is 1. The minimum absolute atomic E-state index is 0.121. The number of carbonyl (C=O) groups excluding carboxylic acids is 2. The van der Waals surface area contributed by atoms with Crippen molar-refractivity contribution in [3.05, 3.63) is 42.7 Å². The van der Waals surface area contributed by atoms with Gasteiger partial charge < -0.3 is 9.53 Å². The highest BCUT2D eigenvalue weighted by Gasteiger charge is 2.19. The van der Waals surface area contributed by atoms with Crippen LogP contribution in [0.1, 0.15) is 5.56 Å². The van der Waals surface area contributed by atoms with E-state index in [0.29, 0.717) is 12.7 Å². The lowest BCUT2D eigenvalue weighted by molar-refractivity contribution is -0.148. The molecular weight excluding hydrogens is 206 g/mol. The second-order valence-corrected chi connectivity index (χ2v) is 3.23. The molecule has 1 heterocycles. The van der Waals surface area contributed by atoms with Gasteiger partial charge in [0.2, 0.25) is 0 Å². The standard InChI is InChI=1S/C12H13NO3/c1-2-6-16-12(15)11(9-14)7-10-4-3-5-13-8-10/h2-5,8-9,11H,1,6-7H2. The fourth-order valence-corrected chi connectivity index (χ4v) is 1.21. The van der Waals surface area contributed by atoms with E-state index in [2.05, 4.69) is 11.6 Å². The van der Waals surface area contributed by atoms with E-state index in [1.54, 1.807) is 18.5 Å². The average molecular weight is 219 g/mol. The Morgan fingerprint density at radius 1 is 1.62 bits per heavy atom. The lowest BCUT2D eigenvalue weighted by Gasteiger charge is -2.08. The number of rotatable bonds is 6. The van der Waals surface area contributed by atoms with Crippen LogP contribution in [0.2, 0.25) is 0 Å². The molecule has 1 rings (SSSR count). The molecule has 4 nitrogen and oxygen atoms in total. The molecule has 1 atom stereocenters. The molecule has 1 unspecified atom stereocenters. The SMILES string of the molecule is C=CCOC(=O)C(C=O)Cc1cccnc1. The monoisotopic (exact) mass is 219 g/mol. The van der Waals surface area contributed by atoms with E-state index < -0.39 is 11.9 Å². The summed E-state index contributed by atoms with van der Waals surface area (Å²) in [6.45, 7) is 3.55. The van der Waals surface area contributed by atoms with Crippen molar-refractivity contribution in [2.75, 3.05) is 6.61 Å². The zero-order valence-corrected chi connectivity index (χ0v) is 8.83. The molecule has 0 spiro atoms. The Hall–Kier alpha value is -1.97. The summed E-state index contributed by atoms with van der Waals surface area (Å²) in [7, 11) is 0. The molecule has 84 valence electrons. The molecule has 0 aliphatic carbocycles. The molecule has 0 radical (unpaired) electrons. The van der Waals surface area contributed by atoms with E-state index in [1.165, 1.54) is 6.08 Å². The normalized spacial score (nSPS) is 11.5. The van der Waals surface area contributed by atoms with Gasteiger partial charge in [0, 0.05) is 12.4 Å². The molecule has 0 amide bonds. The first kappa shape index (κ1) is 12.1. The summed E-state index contributed by atoms with van der Waals surface area (Å²) in [5.74, 6) is -1.30. The molecule has 0 aliphatic heterocycles. The first-order valence-electron chi connectivity index (χ1n) is 4.89. The maximum absolute atomic E-state index is 11.4. The molecular formula is C12H13NO3. The minimum Gasteiger partial charge on any atom is -0.461 e. The van der Waals surface area contributed by atoms with Gasteiger partial charge in [0.05, 0.1) is 0 Å². The lowest BCUT2D eigenvalue weighted by Crippen LogP contribution is -2.21. The Bertz CT molecular complexity index is 362. The third kappa shape index (κ3) is 3.65. The summed E-state index contributed by atoms with van der Waals surface area (Å²) in [5, 5.41) is 0. The highest BCUT2D eigenvalue weighted by molar-refractivity contribution is 5.88. The number of hydrogen-bond donors (Lipinski definition) is 0. The van der Waals surface area contributed by atoms with Crippen LogP contribution in [0.4, 0.5) is 0 Å². The average Bonchev–Trinajstić information content (AvgIpc) is 2.34. The van der Waals surface area contributed by atoms with Gasteiger partial charge in [-0.05, 0) is 18.1 Å². The predicted octanol–water partition coefficient (Wildman–Crippen LogP) is 1.17. The van der Waals surface area contributed by atoms with Crippen LogP contribution in [0.25, 0.3) is 0 Å². The Morgan fingerprint density at radius 3 is 3.00 bits per heavy atom. The summed E-state index contributed by atoms with van der Waals surface area (Å²) in [4.78, 5) is 26.1. The molecule has 0 aliphatic rings. The maximum Gasteiger partial charge on any atom is 0.316 e. The van der Waals surface area contributed by atoms with E-state index in [4.69, 9.17) is 4.74 Å². The summed E-state index contributed by atoms with van der Waals surface area (Å²) < 4.78 is 4.81. The van der Waals surface area contributed by atoms with Crippen LogP contribution in [0.5, 0.6) is 0 Å². The number of aromatic nitrogens is 1. The highest BCUT2D eigenvalue weighted by atomic mass is 16.5. The third-order valence-corrected chi connectivity index (χ3v) is 1.99. The summed E-state index contributed by atoms with van der Waals surface area (Å²) >= 11 is 0. The van der Waals surface area contributed by atoms with E-state index in [9.17, 15) is 9.59 Å². The van der Waals surface area contributed by atoms with Gasteiger partial charge in [0.25, 0.3) is 0 Å². The molecule has 0 bridgehead atoms. The number of nitrogens with zero attached hydrogens (tertiary/aromatic N) is 1. The largest absolute Gasteiger partial charge is 0.461 e. The molecule has 1 aromatic heterocycles. The molecule has 0 N–H and O–H groups in total. The van der Waals surface area contributed by atoms with Crippen LogP contribution < -0.4 is 0 Å². The molecule has 0 aromatic carbocycles. The first-order valence-corrected chi connectivity index (χ1v) is 4.89. The van der Waals surface area contributed by atoms with Crippen LogP contribution in [0.15, 0.2) is 37.2 Å². The van der Waals surface area contributed by atoms with Gasteiger partial charge in [-0.25, -0.2) is 0 Å². The van der Waals surface area contributed by atoms with Gasteiger partial charge >= 0.3 is 5.97 Å². The van der Waals surface area contributed by atoms with Gasteiger partial charge in [-0.3, -0.25) is 9.78 Å². The summed E-state index contributed by atoms with van der Waals surface area (Å²) in [6.07, 6.45) is 5.63. The topological polar surface area (TPSA) is 56.3 Å². The van der Waals surface area contributed by atoms with Crippen LogP contribution in [0, 0.1) is 5.92 Å². The maximum atomic E-state index is 11.4. The van der Waals surface area contributed by atoms with Crippen molar-refractivity contribution in [2.45, 2.75) is 6.42 Å². The lowest BCUT2D eigenvalue weighted by atomic mass is 10.0. The van der Waals surface area contributed by atoms with Crippen LogP contribution in [0.3, 0.4) is 0 Å². The zero-order chi connectivity index (χ0) is 11.8. The van der Waals surface area contributed by atoms with Crippen molar-refractivity contribution in [2.24, 2.45) is 5.92 Å².